The van der Waals surface area contributed by atoms with Crippen molar-refractivity contribution in [3.63, 3.8) is 0 Å². The van der Waals surface area contributed by atoms with Gasteiger partial charge in [0.1, 0.15) is 17.3 Å². The van der Waals surface area contributed by atoms with E-state index in [1.807, 2.05) is 0 Å². The molecule has 0 aromatic carbocycles. The van der Waals surface area contributed by atoms with Gasteiger partial charge in [0.25, 0.3) is 5.56 Å². The number of anilines is 1. The third-order valence-corrected chi connectivity index (χ3v) is 2.95. The molecule has 2 rings (SSSR count). The van der Waals surface area contributed by atoms with E-state index in [9.17, 15) is 18.0 Å². The summed E-state index contributed by atoms with van der Waals surface area (Å²) in [5, 5.41) is 5.96. The first-order valence-electron chi connectivity index (χ1n) is 5.95. The van der Waals surface area contributed by atoms with Crippen molar-refractivity contribution in [2.75, 3.05) is 11.9 Å². The molecule has 0 radical (unpaired) electrons. The van der Waals surface area contributed by atoms with Crippen molar-refractivity contribution in [3.8, 4) is 0 Å². The van der Waals surface area contributed by atoms with Crippen LogP contribution in [0.3, 0.4) is 0 Å². The molecule has 5 nitrogen and oxygen atoms in total. The molecule has 0 fully saturated rings. The summed E-state index contributed by atoms with van der Waals surface area (Å²) in [6.07, 6.45) is -1.37. The summed E-state index contributed by atoms with van der Waals surface area (Å²) in [5.41, 5.74) is -0.802. The highest BCUT2D eigenvalue weighted by Gasteiger charge is 2.29. The predicted octanol–water partition coefficient (Wildman–Crippen LogP) is 2.71. The largest absolute Gasteiger partial charge is 0.469 e. The highest BCUT2D eigenvalue weighted by atomic mass is 35.5. The lowest BCUT2D eigenvalue weighted by atomic mass is 10.3. The van der Waals surface area contributed by atoms with E-state index < -0.39 is 18.3 Å². The van der Waals surface area contributed by atoms with Gasteiger partial charge in [-0.1, -0.05) is 11.6 Å². The van der Waals surface area contributed by atoms with Gasteiger partial charge in [0, 0.05) is 13.0 Å². The Morgan fingerprint density at radius 1 is 1.43 bits per heavy atom. The second-order valence-corrected chi connectivity index (χ2v) is 4.58. The summed E-state index contributed by atoms with van der Waals surface area (Å²) in [7, 11) is 0. The number of aromatic nitrogens is 2. The number of hydrogen-bond donors (Lipinski definition) is 1. The molecule has 114 valence electrons. The lowest BCUT2D eigenvalue weighted by Crippen LogP contribution is -2.31. The van der Waals surface area contributed by atoms with Crippen molar-refractivity contribution in [3.05, 3.63) is 45.7 Å². The highest BCUT2D eigenvalue weighted by molar-refractivity contribution is 6.32. The minimum absolute atomic E-state index is 0.187. The molecule has 2 aromatic heterocycles. The van der Waals surface area contributed by atoms with Gasteiger partial charge in [0.15, 0.2) is 0 Å². The number of nitrogens with zero attached hydrogens (tertiary/aromatic N) is 2. The predicted molar refractivity (Wildman–Crippen MR) is 70.5 cm³/mol. The Morgan fingerprint density at radius 3 is 2.81 bits per heavy atom. The quantitative estimate of drug-likeness (QED) is 0.920. The zero-order chi connectivity index (χ0) is 15.5. The molecule has 0 unspecified atom stereocenters. The molecule has 1 N–H and O–H groups in total. The number of alkyl halides is 3. The Morgan fingerprint density at radius 2 is 2.19 bits per heavy atom. The highest BCUT2D eigenvalue weighted by Crippen LogP contribution is 2.19. The number of nitrogens with one attached hydrogen (secondary N) is 1. The van der Waals surface area contributed by atoms with Gasteiger partial charge in [-0.25, -0.2) is 4.68 Å². The second kappa shape index (κ2) is 6.21. The molecule has 2 heterocycles. The standard InChI is InChI=1S/C12H11ClF3N3O2/c13-10-9(17-4-3-8-2-1-5-21-8)6-18-19(11(10)20)7-12(14,15)16/h1-2,5-6,17H,3-4,7H2. The molecule has 0 saturated carbocycles. The van der Waals surface area contributed by atoms with Crippen molar-refractivity contribution < 1.29 is 17.6 Å². The Kier molecular flexibility index (Phi) is 4.56. The van der Waals surface area contributed by atoms with Crippen LogP contribution in [0.15, 0.2) is 33.8 Å². The molecule has 0 aliphatic rings. The summed E-state index contributed by atoms with van der Waals surface area (Å²) in [4.78, 5) is 11.7. The van der Waals surface area contributed by atoms with E-state index >= 15 is 0 Å². The number of halogens is 4. The molecule has 2 aromatic rings. The van der Waals surface area contributed by atoms with Gasteiger partial charge in [-0.2, -0.15) is 18.3 Å². The van der Waals surface area contributed by atoms with Crippen LogP contribution in [-0.2, 0) is 13.0 Å². The van der Waals surface area contributed by atoms with Gasteiger partial charge >= 0.3 is 6.18 Å². The van der Waals surface area contributed by atoms with Crippen molar-refractivity contribution in [2.24, 2.45) is 0 Å². The van der Waals surface area contributed by atoms with Crippen LogP contribution in [0.25, 0.3) is 0 Å². The Labute approximate surface area is 122 Å². The molecule has 21 heavy (non-hydrogen) atoms. The summed E-state index contributed by atoms with van der Waals surface area (Å²) in [6.45, 7) is -1.07. The number of furan rings is 1. The van der Waals surface area contributed by atoms with E-state index in [-0.39, 0.29) is 15.4 Å². The molecule has 9 heteroatoms. The smallest absolute Gasteiger partial charge is 0.408 e. The van der Waals surface area contributed by atoms with Crippen molar-refractivity contribution in [1.82, 2.24) is 9.78 Å². The van der Waals surface area contributed by atoms with Gasteiger partial charge < -0.3 is 9.73 Å². The van der Waals surface area contributed by atoms with Crippen LogP contribution in [-0.4, -0.2) is 22.5 Å². The zero-order valence-electron chi connectivity index (χ0n) is 10.7. The van der Waals surface area contributed by atoms with Gasteiger partial charge in [-0.05, 0) is 12.1 Å². The van der Waals surface area contributed by atoms with Gasteiger partial charge in [0.2, 0.25) is 0 Å². The van der Waals surface area contributed by atoms with E-state index in [1.165, 1.54) is 6.26 Å². The third-order valence-electron chi connectivity index (χ3n) is 2.58. The molecular formula is C12H11ClF3N3O2. The maximum absolute atomic E-state index is 12.2. The molecule has 0 bridgehead atoms. The van der Waals surface area contributed by atoms with E-state index in [0.29, 0.717) is 13.0 Å². The van der Waals surface area contributed by atoms with Crippen LogP contribution in [0, 0.1) is 0 Å². The lowest BCUT2D eigenvalue weighted by Gasteiger charge is -2.11. The maximum atomic E-state index is 12.2. The van der Waals surface area contributed by atoms with Gasteiger partial charge in [-0.3, -0.25) is 4.79 Å². The Bertz CT molecular complexity index is 653. The summed E-state index contributed by atoms with van der Waals surface area (Å²) in [6, 6.07) is 3.52. The Hall–Kier alpha value is -1.96. The number of hydrogen-bond acceptors (Lipinski definition) is 4. The van der Waals surface area contributed by atoms with Crippen molar-refractivity contribution >= 4 is 17.3 Å². The van der Waals surface area contributed by atoms with Crippen LogP contribution < -0.4 is 10.9 Å². The van der Waals surface area contributed by atoms with E-state index in [1.54, 1.807) is 12.1 Å². The third kappa shape index (κ3) is 4.25. The molecule has 0 amide bonds. The second-order valence-electron chi connectivity index (χ2n) is 4.21. The summed E-state index contributed by atoms with van der Waals surface area (Å²) < 4.78 is 42.1. The van der Waals surface area contributed by atoms with Crippen molar-refractivity contribution in [2.45, 2.75) is 19.1 Å². The lowest BCUT2D eigenvalue weighted by molar-refractivity contribution is -0.143. The monoisotopic (exact) mass is 321 g/mol. The van der Waals surface area contributed by atoms with Crippen LogP contribution in [0.5, 0.6) is 0 Å². The van der Waals surface area contributed by atoms with Crippen LogP contribution in [0.1, 0.15) is 5.76 Å². The molecule has 0 aliphatic carbocycles. The SMILES string of the molecule is O=c1c(Cl)c(NCCc2ccco2)cnn1CC(F)(F)F. The number of rotatable bonds is 5. The molecule has 0 spiro atoms. The summed E-state index contributed by atoms with van der Waals surface area (Å²) in [5.74, 6) is 0.733. The molecule has 0 saturated heterocycles. The van der Waals surface area contributed by atoms with E-state index in [4.69, 9.17) is 16.0 Å². The fraction of sp³-hybridized carbons (Fsp3) is 0.333. The maximum Gasteiger partial charge on any atom is 0.408 e. The first-order valence-corrected chi connectivity index (χ1v) is 6.33. The van der Waals surface area contributed by atoms with E-state index in [0.717, 1.165) is 12.0 Å². The summed E-state index contributed by atoms with van der Waals surface area (Å²) >= 11 is 5.76. The van der Waals surface area contributed by atoms with E-state index in [2.05, 4.69) is 10.4 Å². The average molecular weight is 322 g/mol. The fourth-order valence-corrected chi connectivity index (χ4v) is 1.86. The van der Waals surface area contributed by atoms with Gasteiger partial charge in [-0.15, -0.1) is 0 Å². The van der Waals surface area contributed by atoms with Crippen molar-refractivity contribution in [1.29, 1.82) is 0 Å². The first kappa shape index (κ1) is 15.4. The molecular weight excluding hydrogens is 311 g/mol. The topological polar surface area (TPSA) is 60.1 Å². The minimum Gasteiger partial charge on any atom is -0.469 e. The minimum atomic E-state index is -4.53. The van der Waals surface area contributed by atoms with Crippen LogP contribution in [0.2, 0.25) is 5.02 Å². The van der Waals surface area contributed by atoms with Crippen LogP contribution in [0.4, 0.5) is 18.9 Å². The molecule has 0 aliphatic heterocycles. The van der Waals surface area contributed by atoms with Gasteiger partial charge in [0.05, 0.1) is 18.1 Å². The zero-order valence-corrected chi connectivity index (χ0v) is 11.4. The average Bonchev–Trinajstić information content (AvgIpc) is 2.89. The Balaban J connectivity index is 2.04. The first-order chi connectivity index (χ1) is 9.87. The molecule has 0 atom stereocenters. The normalized spacial score (nSPS) is 11.6. The van der Waals surface area contributed by atoms with Crippen LogP contribution >= 0.6 is 11.6 Å². The fourth-order valence-electron chi connectivity index (χ4n) is 1.65.